The molecule has 19 heavy (non-hydrogen) atoms. The van der Waals surface area contributed by atoms with Gasteiger partial charge in [0.2, 0.25) is 0 Å². The summed E-state index contributed by atoms with van der Waals surface area (Å²) in [6.45, 7) is 2.67. The summed E-state index contributed by atoms with van der Waals surface area (Å²) >= 11 is 0. The van der Waals surface area contributed by atoms with E-state index in [2.05, 4.69) is 5.32 Å². The highest BCUT2D eigenvalue weighted by Gasteiger charge is 2.39. The number of nitrogens with one attached hydrogen (secondary N) is 1. The van der Waals surface area contributed by atoms with Gasteiger partial charge in [0.1, 0.15) is 5.69 Å². The molecule has 4 nitrogen and oxygen atoms in total. The van der Waals surface area contributed by atoms with E-state index in [1.54, 1.807) is 13.0 Å². The minimum Gasteiger partial charge on any atom is -0.379 e. The second-order valence-corrected chi connectivity index (χ2v) is 6.04. The molecule has 2 bridgehead atoms. The minimum atomic E-state index is -0.279. The lowest BCUT2D eigenvalue weighted by molar-refractivity contribution is -0.384. The number of anilines is 1. The van der Waals surface area contributed by atoms with E-state index in [0.29, 0.717) is 11.6 Å². The van der Waals surface area contributed by atoms with E-state index in [0.717, 1.165) is 23.9 Å². The fourth-order valence-corrected chi connectivity index (χ4v) is 3.91. The number of nitro benzene ring substituents is 1. The molecule has 2 aliphatic carbocycles. The highest BCUT2D eigenvalue weighted by molar-refractivity contribution is 5.65. The Morgan fingerprint density at radius 3 is 2.84 bits per heavy atom. The van der Waals surface area contributed by atoms with Crippen LogP contribution in [-0.4, -0.2) is 11.5 Å². The van der Waals surface area contributed by atoms with Gasteiger partial charge in [0, 0.05) is 12.1 Å². The van der Waals surface area contributed by atoms with Crippen molar-refractivity contribution in [3.05, 3.63) is 33.9 Å². The average Bonchev–Trinajstić information content (AvgIpc) is 2.97. The Bertz CT molecular complexity index is 501. The van der Waals surface area contributed by atoms with Crippen molar-refractivity contribution in [2.45, 2.75) is 32.6 Å². The number of para-hydroxylation sites is 1. The van der Waals surface area contributed by atoms with Gasteiger partial charge in [0.05, 0.1) is 4.92 Å². The van der Waals surface area contributed by atoms with Gasteiger partial charge in [0.25, 0.3) is 5.69 Å². The maximum Gasteiger partial charge on any atom is 0.295 e. The SMILES string of the molecule is Cc1cccc(NCC2CC3CCC2C3)c1[N+](=O)[O-]. The molecule has 0 aromatic heterocycles. The van der Waals surface area contributed by atoms with Crippen LogP contribution in [0.4, 0.5) is 11.4 Å². The zero-order valence-electron chi connectivity index (χ0n) is 11.3. The Labute approximate surface area is 113 Å². The number of fused-ring (bicyclic) bond motifs is 2. The van der Waals surface area contributed by atoms with E-state index < -0.39 is 0 Å². The first-order chi connectivity index (χ1) is 9.15. The number of hydrogen-bond acceptors (Lipinski definition) is 3. The van der Waals surface area contributed by atoms with Crippen molar-refractivity contribution in [1.29, 1.82) is 0 Å². The largest absolute Gasteiger partial charge is 0.379 e. The van der Waals surface area contributed by atoms with Gasteiger partial charge in [-0.2, -0.15) is 0 Å². The summed E-state index contributed by atoms with van der Waals surface area (Å²) < 4.78 is 0. The third-order valence-electron chi connectivity index (χ3n) is 4.86. The van der Waals surface area contributed by atoms with E-state index in [4.69, 9.17) is 0 Å². The first kappa shape index (κ1) is 12.5. The topological polar surface area (TPSA) is 55.2 Å². The third-order valence-corrected chi connectivity index (χ3v) is 4.86. The van der Waals surface area contributed by atoms with Crippen LogP contribution >= 0.6 is 0 Å². The minimum absolute atomic E-state index is 0.227. The van der Waals surface area contributed by atoms with Gasteiger partial charge >= 0.3 is 0 Å². The molecular formula is C15H20N2O2. The van der Waals surface area contributed by atoms with Crippen molar-refractivity contribution in [1.82, 2.24) is 0 Å². The lowest BCUT2D eigenvalue weighted by Gasteiger charge is -2.22. The Hall–Kier alpha value is -1.58. The monoisotopic (exact) mass is 260 g/mol. The predicted molar refractivity (Wildman–Crippen MR) is 75.3 cm³/mol. The molecule has 0 heterocycles. The molecule has 0 saturated heterocycles. The Kier molecular flexibility index (Phi) is 3.17. The summed E-state index contributed by atoms with van der Waals surface area (Å²) in [5, 5.41) is 14.5. The highest BCUT2D eigenvalue weighted by atomic mass is 16.6. The number of nitro groups is 1. The van der Waals surface area contributed by atoms with Crippen LogP contribution in [0.15, 0.2) is 18.2 Å². The summed E-state index contributed by atoms with van der Waals surface area (Å²) in [5.41, 5.74) is 1.63. The van der Waals surface area contributed by atoms with Gasteiger partial charge in [-0.05, 0) is 50.0 Å². The highest BCUT2D eigenvalue weighted by Crippen LogP contribution is 2.48. The van der Waals surface area contributed by atoms with Gasteiger partial charge in [-0.15, -0.1) is 0 Å². The summed E-state index contributed by atoms with van der Waals surface area (Å²) in [6, 6.07) is 5.49. The molecule has 102 valence electrons. The van der Waals surface area contributed by atoms with Crippen molar-refractivity contribution >= 4 is 11.4 Å². The Balaban J connectivity index is 1.70. The third kappa shape index (κ3) is 2.31. The van der Waals surface area contributed by atoms with Crippen LogP contribution in [-0.2, 0) is 0 Å². The molecule has 3 atom stereocenters. The fraction of sp³-hybridized carbons (Fsp3) is 0.600. The van der Waals surface area contributed by atoms with Crippen molar-refractivity contribution in [2.75, 3.05) is 11.9 Å². The molecule has 0 spiro atoms. The molecule has 1 aromatic carbocycles. The van der Waals surface area contributed by atoms with Gasteiger partial charge < -0.3 is 5.32 Å². The van der Waals surface area contributed by atoms with Crippen molar-refractivity contribution in [2.24, 2.45) is 17.8 Å². The zero-order chi connectivity index (χ0) is 13.4. The molecule has 2 aliphatic rings. The summed E-state index contributed by atoms with van der Waals surface area (Å²) in [4.78, 5) is 10.9. The molecule has 1 aromatic rings. The molecule has 3 rings (SSSR count). The van der Waals surface area contributed by atoms with Gasteiger partial charge in [-0.3, -0.25) is 10.1 Å². The van der Waals surface area contributed by atoms with Crippen LogP contribution in [0.5, 0.6) is 0 Å². The van der Waals surface area contributed by atoms with Crippen molar-refractivity contribution in [3.63, 3.8) is 0 Å². The predicted octanol–water partition coefficient (Wildman–Crippen LogP) is 3.75. The van der Waals surface area contributed by atoms with Gasteiger partial charge in [-0.25, -0.2) is 0 Å². The van der Waals surface area contributed by atoms with E-state index in [9.17, 15) is 10.1 Å². The van der Waals surface area contributed by atoms with Gasteiger partial charge in [0.15, 0.2) is 0 Å². The number of benzene rings is 1. The fourth-order valence-electron chi connectivity index (χ4n) is 3.91. The summed E-state index contributed by atoms with van der Waals surface area (Å²) in [7, 11) is 0. The normalized spacial score (nSPS) is 28.6. The summed E-state index contributed by atoms with van der Waals surface area (Å²) in [6.07, 6.45) is 5.43. The van der Waals surface area contributed by atoms with Crippen molar-refractivity contribution in [3.8, 4) is 0 Å². The van der Waals surface area contributed by atoms with Crippen LogP contribution in [0.2, 0.25) is 0 Å². The second-order valence-electron chi connectivity index (χ2n) is 6.04. The van der Waals surface area contributed by atoms with Crippen LogP contribution in [0.1, 0.15) is 31.2 Å². The quantitative estimate of drug-likeness (QED) is 0.662. The van der Waals surface area contributed by atoms with E-state index in [1.807, 2.05) is 12.1 Å². The molecule has 4 heteroatoms. The molecule has 2 saturated carbocycles. The van der Waals surface area contributed by atoms with Crippen LogP contribution in [0.25, 0.3) is 0 Å². The Morgan fingerprint density at radius 2 is 2.21 bits per heavy atom. The smallest absolute Gasteiger partial charge is 0.295 e. The standard InChI is InChI=1S/C15H20N2O2/c1-10-3-2-4-14(15(10)17(18)19)16-9-13-8-11-5-6-12(13)7-11/h2-4,11-13,16H,5-9H2,1H3. The van der Waals surface area contributed by atoms with Crippen LogP contribution < -0.4 is 5.32 Å². The summed E-state index contributed by atoms with van der Waals surface area (Å²) in [5.74, 6) is 2.48. The van der Waals surface area contributed by atoms with E-state index >= 15 is 0 Å². The molecule has 0 amide bonds. The lowest BCUT2D eigenvalue weighted by Crippen LogP contribution is -2.20. The molecular weight excluding hydrogens is 240 g/mol. The number of nitrogens with zero attached hydrogens (tertiary/aromatic N) is 1. The number of hydrogen-bond donors (Lipinski definition) is 1. The lowest BCUT2D eigenvalue weighted by atomic mass is 9.89. The first-order valence-corrected chi connectivity index (χ1v) is 7.13. The molecule has 1 N–H and O–H groups in total. The second kappa shape index (κ2) is 4.83. The maximum atomic E-state index is 11.1. The van der Waals surface area contributed by atoms with E-state index in [-0.39, 0.29) is 10.6 Å². The molecule has 2 fully saturated rings. The maximum absolute atomic E-state index is 11.1. The number of rotatable bonds is 4. The number of aryl methyl sites for hydroxylation is 1. The van der Waals surface area contributed by atoms with Gasteiger partial charge in [-0.1, -0.05) is 18.6 Å². The Morgan fingerprint density at radius 1 is 1.37 bits per heavy atom. The first-order valence-electron chi connectivity index (χ1n) is 7.13. The molecule has 0 radical (unpaired) electrons. The molecule has 0 aliphatic heterocycles. The zero-order valence-corrected chi connectivity index (χ0v) is 11.3. The van der Waals surface area contributed by atoms with Crippen LogP contribution in [0, 0.1) is 34.8 Å². The molecule has 3 unspecified atom stereocenters. The van der Waals surface area contributed by atoms with Crippen molar-refractivity contribution < 1.29 is 4.92 Å². The van der Waals surface area contributed by atoms with E-state index in [1.165, 1.54) is 25.7 Å². The average molecular weight is 260 g/mol. The van der Waals surface area contributed by atoms with Crippen LogP contribution in [0.3, 0.4) is 0 Å².